The van der Waals surface area contributed by atoms with Crippen molar-refractivity contribution in [2.24, 2.45) is 0 Å². The molecule has 74 valence electrons. The van der Waals surface area contributed by atoms with Crippen LogP contribution in [0, 0.1) is 0 Å². The molecule has 0 heterocycles. The molecule has 0 nitrogen and oxygen atoms in total. The predicted molar refractivity (Wildman–Crippen MR) is 64.2 cm³/mol. The molecule has 0 aromatic rings. The van der Waals surface area contributed by atoms with Crippen LogP contribution in [0.2, 0.25) is 0 Å². The Morgan fingerprint density at radius 2 is 1.93 bits per heavy atom. The zero-order chi connectivity index (χ0) is 10.4. The van der Waals surface area contributed by atoms with Crippen molar-refractivity contribution < 1.29 is 0 Å². The highest BCUT2D eigenvalue weighted by molar-refractivity contribution is 5.43. The molecule has 0 unspecified atom stereocenters. The molecule has 1 aliphatic rings. The van der Waals surface area contributed by atoms with Crippen LogP contribution in [-0.4, -0.2) is 0 Å². The first-order chi connectivity index (χ1) is 6.70. The lowest BCUT2D eigenvalue weighted by Gasteiger charge is -1.99. The van der Waals surface area contributed by atoms with Gasteiger partial charge in [0.25, 0.3) is 0 Å². The summed E-state index contributed by atoms with van der Waals surface area (Å²) in [5.41, 5.74) is 3.95. The van der Waals surface area contributed by atoms with Gasteiger partial charge in [0.2, 0.25) is 0 Å². The summed E-state index contributed by atoms with van der Waals surface area (Å²) < 4.78 is 0. The lowest BCUT2D eigenvalue weighted by atomic mass is 10.1. The molecular weight excluding hydrogens is 168 g/mol. The molecule has 1 aliphatic carbocycles. The minimum absolute atomic E-state index is 1.04. The second-order valence-corrected chi connectivity index (χ2v) is 3.78. The molecule has 0 N–H and O–H groups in total. The largest absolute Gasteiger partial charge is 0.0807 e. The monoisotopic (exact) mass is 186 g/mol. The van der Waals surface area contributed by atoms with Gasteiger partial charge in [-0.15, -0.1) is 0 Å². The van der Waals surface area contributed by atoms with E-state index in [4.69, 9.17) is 0 Å². The van der Waals surface area contributed by atoms with E-state index >= 15 is 0 Å². The topological polar surface area (TPSA) is 0 Å². The summed E-state index contributed by atoms with van der Waals surface area (Å²) in [6, 6.07) is 0. The number of allylic oxidation sites excluding steroid dienone is 10. The van der Waals surface area contributed by atoms with Crippen molar-refractivity contribution in [1.29, 1.82) is 0 Å². The highest BCUT2D eigenvalue weighted by Gasteiger charge is 1.94. The predicted octanol–water partition coefficient (Wildman–Crippen LogP) is 4.34. The fourth-order valence-corrected chi connectivity index (χ4v) is 1.23. The average molecular weight is 186 g/mol. The van der Waals surface area contributed by atoms with Crippen LogP contribution in [0.4, 0.5) is 0 Å². The summed E-state index contributed by atoms with van der Waals surface area (Å²) in [7, 11) is 0. The van der Waals surface area contributed by atoms with Crippen molar-refractivity contribution in [1.82, 2.24) is 0 Å². The van der Waals surface area contributed by atoms with Crippen LogP contribution in [-0.2, 0) is 0 Å². The highest BCUT2D eigenvalue weighted by atomic mass is 14.0. The normalized spacial score (nSPS) is 16.2. The Labute approximate surface area is 87.0 Å². The number of hydrogen-bond donors (Lipinski definition) is 0. The molecule has 0 fully saturated rings. The Bertz CT molecular complexity index is 329. The van der Waals surface area contributed by atoms with Crippen LogP contribution in [0.25, 0.3) is 0 Å². The molecule has 0 radical (unpaired) electrons. The van der Waals surface area contributed by atoms with Crippen molar-refractivity contribution in [3.8, 4) is 0 Å². The standard InChI is InChI=1S/C14H18/c1-12(2)10-11-13(3)14-8-6-4-5-7-9-14/h4,6-11H,5H2,1-3H3/b13-11-. The summed E-state index contributed by atoms with van der Waals surface area (Å²) in [5, 5.41) is 0. The SMILES string of the molecule is CC(C)=C/C=C(/C)C1=CC=CCC=C1. The Kier molecular flexibility index (Phi) is 4.18. The number of hydrogen-bond acceptors (Lipinski definition) is 0. The van der Waals surface area contributed by atoms with Crippen molar-refractivity contribution in [3.05, 3.63) is 59.3 Å². The van der Waals surface area contributed by atoms with Crippen molar-refractivity contribution >= 4 is 0 Å². The van der Waals surface area contributed by atoms with Gasteiger partial charge in [-0.2, -0.15) is 0 Å². The first-order valence-corrected chi connectivity index (χ1v) is 5.05. The van der Waals surface area contributed by atoms with Gasteiger partial charge >= 0.3 is 0 Å². The molecule has 0 aromatic carbocycles. The van der Waals surface area contributed by atoms with Gasteiger partial charge in [0.15, 0.2) is 0 Å². The molecule has 0 spiro atoms. The van der Waals surface area contributed by atoms with Gasteiger partial charge in [-0.25, -0.2) is 0 Å². The zero-order valence-corrected chi connectivity index (χ0v) is 9.25. The molecule has 14 heavy (non-hydrogen) atoms. The van der Waals surface area contributed by atoms with E-state index < -0.39 is 0 Å². The second kappa shape index (κ2) is 5.43. The molecule has 0 heteroatoms. The molecule has 1 rings (SSSR count). The smallest absolute Gasteiger partial charge is 0.0163 e. The number of rotatable bonds is 2. The van der Waals surface area contributed by atoms with Gasteiger partial charge in [-0.05, 0) is 38.3 Å². The molecular formula is C14H18. The first kappa shape index (κ1) is 10.8. The van der Waals surface area contributed by atoms with Crippen molar-refractivity contribution in [2.45, 2.75) is 27.2 Å². The first-order valence-electron chi connectivity index (χ1n) is 5.05. The van der Waals surface area contributed by atoms with Crippen LogP contribution >= 0.6 is 0 Å². The van der Waals surface area contributed by atoms with Gasteiger partial charge in [0.05, 0.1) is 0 Å². The maximum atomic E-state index is 2.19. The third-order valence-electron chi connectivity index (χ3n) is 2.10. The fraction of sp³-hybridized carbons (Fsp3) is 0.286. The minimum Gasteiger partial charge on any atom is -0.0807 e. The van der Waals surface area contributed by atoms with Crippen LogP contribution in [0.3, 0.4) is 0 Å². The van der Waals surface area contributed by atoms with Crippen LogP contribution in [0.1, 0.15) is 27.2 Å². The highest BCUT2D eigenvalue weighted by Crippen LogP contribution is 2.14. The van der Waals surface area contributed by atoms with E-state index in [1.165, 1.54) is 16.7 Å². The summed E-state index contributed by atoms with van der Waals surface area (Å²) in [5.74, 6) is 0. The quantitative estimate of drug-likeness (QED) is 0.563. The van der Waals surface area contributed by atoms with Crippen molar-refractivity contribution in [2.75, 3.05) is 0 Å². The molecule has 0 saturated heterocycles. The van der Waals surface area contributed by atoms with Crippen LogP contribution in [0.15, 0.2) is 59.3 Å². The van der Waals surface area contributed by atoms with E-state index in [1.54, 1.807) is 0 Å². The third kappa shape index (κ3) is 3.61. The van der Waals surface area contributed by atoms with E-state index in [1.807, 2.05) is 0 Å². The Morgan fingerprint density at radius 1 is 1.14 bits per heavy atom. The minimum atomic E-state index is 1.04. The van der Waals surface area contributed by atoms with E-state index in [0.29, 0.717) is 0 Å². The van der Waals surface area contributed by atoms with Gasteiger partial charge in [-0.3, -0.25) is 0 Å². The van der Waals surface area contributed by atoms with Gasteiger partial charge in [-0.1, -0.05) is 48.1 Å². The van der Waals surface area contributed by atoms with Gasteiger partial charge in [0, 0.05) is 0 Å². The molecule has 0 saturated carbocycles. The molecule has 0 aliphatic heterocycles. The van der Waals surface area contributed by atoms with E-state index in [0.717, 1.165) is 6.42 Å². The maximum absolute atomic E-state index is 2.19. The van der Waals surface area contributed by atoms with Crippen molar-refractivity contribution in [3.63, 3.8) is 0 Å². The zero-order valence-electron chi connectivity index (χ0n) is 9.25. The Hall–Kier alpha value is -1.30. The van der Waals surface area contributed by atoms with E-state index in [-0.39, 0.29) is 0 Å². The maximum Gasteiger partial charge on any atom is -0.0163 e. The third-order valence-corrected chi connectivity index (χ3v) is 2.10. The van der Waals surface area contributed by atoms with E-state index in [9.17, 15) is 0 Å². The average Bonchev–Trinajstić information content (AvgIpc) is 2.42. The summed E-state index contributed by atoms with van der Waals surface area (Å²) >= 11 is 0. The molecule has 0 bridgehead atoms. The second-order valence-electron chi connectivity index (χ2n) is 3.78. The van der Waals surface area contributed by atoms with Gasteiger partial charge in [0.1, 0.15) is 0 Å². The summed E-state index contributed by atoms with van der Waals surface area (Å²) in [4.78, 5) is 0. The van der Waals surface area contributed by atoms with Crippen LogP contribution in [0.5, 0.6) is 0 Å². The molecule has 0 amide bonds. The van der Waals surface area contributed by atoms with Crippen LogP contribution < -0.4 is 0 Å². The van der Waals surface area contributed by atoms with E-state index in [2.05, 4.69) is 63.3 Å². The summed E-state index contributed by atoms with van der Waals surface area (Å²) in [6.45, 7) is 6.37. The Balaban J connectivity index is 2.83. The van der Waals surface area contributed by atoms with Gasteiger partial charge < -0.3 is 0 Å². The molecule has 0 aromatic heterocycles. The molecule has 0 atom stereocenters. The fourth-order valence-electron chi connectivity index (χ4n) is 1.23. The summed E-state index contributed by atoms with van der Waals surface area (Å²) in [6.07, 6.45) is 16.2. The lowest BCUT2D eigenvalue weighted by Crippen LogP contribution is -1.79. The Morgan fingerprint density at radius 3 is 2.64 bits per heavy atom. The lowest BCUT2D eigenvalue weighted by molar-refractivity contribution is 1.36.